The molecule has 0 spiro atoms. The molecule has 2 saturated carbocycles. The predicted octanol–water partition coefficient (Wildman–Crippen LogP) is 2.53. The van der Waals surface area contributed by atoms with Gasteiger partial charge in [0.2, 0.25) is 5.91 Å². The Hall–Kier alpha value is -1.84. The lowest BCUT2D eigenvalue weighted by molar-refractivity contribution is -0.150. The third-order valence-corrected chi connectivity index (χ3v) is 4.69. The number of carbonyl (C=O) groups excluding carboxylic acids is 1. The zero-order valence-electron chi connectivity index (χ0n) is 12.2. The number of nitrogens with zero attached hydrogens (tertiary/aromatic N) is 1. The highest BCUT2D eigenvalue weighted by Gasteiger charge is 2.52. The van der Waals surface area contributed by atoms with Crippen molar-refractivity contribution in [3.05, 3.63) is 35.9 Å². The van der Waals surface area contributed by atoms with E-state index in [-0.39, 0.29) is 11.8 Å². The van der Waals surface area contributed by atoms with Crippen LogP contribution in [0.1, 0.15) is 31.7 Å². The smallest absolute Gasteiger partial charge is 0.326 e. The number of carboxylic acid groups (broad SMARTS) is 1. The van der Waals surface area contributed by atoms with Crippen molar-refractivity contribution in [2.45, 2.75) is 38.8 Å². The topological polar surface area (TPSA) is 57.6 Å². The van der Waals surface area contributed by atoms with E-state index in [9.17, 15) is 14.7 Å². The number of carboxylic acids is 1. The summed E-state index contributed by atoms with van der Waals surface area (Å²) in [5.74, 6) is 0.367. The number of hydrogen-bond acceptors (Lipinski definition) is 2. The van der Waals surface area contributed by atoms with Crippen LogP contribution in [0.5, 0.6) is 0 Å². The molecule has 2 aliphatic rings. The van der Waals surface area contributed by atoms with Crippen molar-refractivity contribution in [3.63, 3.8) is 0 Å². The highest BCUT2D eigenvalue weighted by atomic mass is 16.4. The van der Waals surface area contributed by atoms with Gasteiger partial charge in [-0.3, -0.25) is 4.79 Å². The summed E-state index contributed by atoms with van der Waals surface area (Å²) in [6, 6.07) is 8.82. The van der Waals surface area contributed by atoms with E-state index in [1.807, 2.05) is 30.3 Å². The molecule has 4 nitrogen and oxygen atoms in total. The lowest BCUT2D eigenvalue weighted by Crippen LogP contribution is -2.43. The van der Waals surface area contributed by atoms with Gasteiger partial charge in [-0.25, -0.2) is 4.79 Å². The fourth-order valence-electron chi connectivity index (χ4n) is 3.08. The second-order valence-corrected chi connectivity index (χ2v) is 6.31. The van der Waals surface area contributed by atoms with Crippen molar-refractivity contribution < 1.29 is 14.7 Å². The van der Waals surface area contributed by atoms with Crippen molar-refractivity contribution in [3.8, 4) is 0 Å². The fourth-order valence-corrected chi connectivity index (χ4v) is 3.08. The maximum absolute atomic E-state index is 12.7. The molecule has 2 fully saturated rings. The van der Waals surface area contributed by atoms with E-state index in [1.54, 1.807) is 6.92 Å². The number of aliphatic carboxylic acids is 1. The molecule has 21 heavy (non-hydrogen) atoms. The van der Waals surface area contributed by atoms with Crippen LogP contribution >= 0.6 is 0 Å². The monoisotopic (exact) mass is 287 g/mol. The van der Waals surface area contributed by atoms with Crippen LogP contribution in [0.2, 0.25) is 0 Å². The first kappa shape index (κ1) is 14.1. The Balaban J connectivity index is 1.72. The first-order valence-corrected chi connectivity index (χ1v) is 7.65. The second kappa shape index (κ2) is 5.51. The van der Waals surface area contributed by atoms with Gasteiger partial charge in [-0.1, -0.05) is 30.3 Å². The highest BCUT2D eigenvalue weighted by Crippen LogP contribution is 2.55. The van der Waals surface area contributed by atoms with Crippen LogP contribution in [0.25, 0.3) is 0 Å². The predicted molar refractivity (Wildman–Crippen MR) is 78.4 cm³/mol. The third-order valence-electron chi connectivity index (χ3n) is 4.69. The summed E-state index contributed by atoms with van der Waals surface area (Å²) in [4.78, 5) is 25.5. The van der Waals surface area contributed by atoms with Gasteiger partial charge in [0.15, 0.2) is 0 Å². The second-order valence-electron chi connectivity index (χ2n) is 6.31. The van der Waals surface area contributed by atoms with Crippen LogP contribution in [-0.4, -0.2) is 27.9 Å². The normalized spacial score (nSPS) is 25.2. The quantitative estimate of drug-likeness (QED) is 0.874. The first-order valence-electron chi connectivity index (χ1n) is 7.65. The Morgan fingerprint density at radius 1 is 1.29 bits per heavy atom. The number of rotatable bonds is 6. The summed E-state index contributed by atoms with van der Waals surface area (Å²) in [5, 5.41) is 9.28. The van der Waals surface area contributed by atoms with Crippen molar-refractivity contribution in [1.29, 1.82) is 0 Å². The maximum atomic E-state index is 12.7. The third kappa shape index (κ3) is 3.09. The average Bonchev–Trinajstić information content (AvgIpc) is 3.36. The van der Waals surface area contributed by atoms with Crippen molar-refractivity contribution in [1.82, 2.24) is 4.90 Å². The maximum Gasteiger partial charge on any atom is 0.326 e. The van der Waals surface area contributed by atoms with E-state index in [4.69, 9.17) is 0 Å². The molecule has 1 N–H and O–H groups in total. The summed E-state index contributed by atoms with van der Waals surface area (Å²) < 4.78 is 0. The Labute approximate surface area is 124 Å². The van der Waals surface area contributed by atoms with Gasteiger partial charge in [0.05, 0.1) is 0 Å². The lowest BCUT2D eigenvalue weighted by Gasteiger charge is -2.27. The summed E-state index contributed by atoms with van der Waals surface area (Å²) >= 11 is 0. The fraction of sp³-hybridized carbons (Fsp3) is 0.529. The van der Waals surface area contributed by atoms with Gasteiger partial charge in [-0.2, -0.15) is 0 Å². The van der Waals surface area contributed by atoms with Crippen LogP contribution in [0.4, 0.5) is 0 Å². The van der Waals surface area contributed by atoms with E-state index in [2.05, 4.69) is 0 Å². The number of hydrogen-bond donors (Lipinski definition) is 1. The standard InChI is InChI=1S/C17H21NO3/c1-11(17(20)21)18(10-12-5-3-2-4-6-12)16(19)15-9-14(15)13-7-8-13/h2-6,11,13-15H,7-10H2,1H3,(H,20,21). The molecule has 2 aliphatic carbocycles. The molecular formula is C17H21NO3. The Kier molecular flexibility index (Phi) is 3.70. The van der Waals surface area contributed by atoms with Crippen molar-refractivity contribution >= 4 is 11.9 Å². The van der Waals surface area contributed by atoms with Gasteiger partial charge >= 0.3 is 5.97 Å². The number of carbonyl (C=O) groups is 2. The molecule has 0 radical (unpaired) electrons. The Bertz CT molecular complexity index is 538. The molecule has 0 saturated heterocycles. The van der Waals surface area contributed by atoms with Gasteiger partial charge in [0.25, 0.3) is 0 Å². The van der Waals surface area contributed by atoms with Crippen molar-refractivity contribution in [2.75, 3.05) is 0 Å². The summed E-state index contributed by atoms with van der Waals surface area (Å²) in [5.41, 5.74) is 0.975. The number of amides is 1. The molecule has 0 aliphatic heterocycles. The molecule has 1 amide bonds. The molecule has 1 aromatic carbocycles. The van der Waals surface area contributed by atoms with E-state index in [1.165, 1.54) is 17.7 Å². The van der Waals surface area contributed by atoms with Crippen LogP contribution < -0.4 is 0 Å². The van der Waals surface area contributed by atoms with Crippen LogP contribution in [0.15, 0.2) is 30.3 Å². The zero-order valence-corrected chi connectivity index (χ0v) is 12.2. The summed E-state index contributed by atoms with van der Waals surface area (Å²) in [6.45, 7) is 1.97. The molecular weight excluding hydrogens is 266 g/mol. The largest absolute Gasteiger partial charge is 0.480 e. The van der Waals surface area contributed by atoms with Gasteiger partial charge in [0.1, 0.15) is 6.04 Å². The SMILES string of the molecule is CC(C(=O)O)N(Cc1ccccc1)C(=O)C1CC1C1CC1. The molecule has 0 heterocycles. The molecule has 0 aromatic heterocycles. The van der Waals surface area contributed by atoms with Gasteiger partial charge in [-0.15, -0.1) is 0 Å². The Morgan fingerprint density at radius 3 is 2.52 bits per heavy atom. The van der Waals surface area contributed by atoms with E-state index in [0.717, 1.165) is 17.9 Å². The number of benzene rings is 1. The molecule has 112 valence electrons. The minimum Gasteiger partial charge on any atom is -0.480 e. The molecule has 1 aromatic rings. The van der Waals surface area contributed by atoms with E-state index < -0.39 is 12.0 Å². The van der Waals surface area contributed by atoms with E-state index >= 15 is 0 Å². The van der Waals surface area contributed by atoms with Gasteiger partial charge in [0, 0.05) is 12.5 Å². The molecule has 3 atom stereocenters. The van der Waals surface area contributed by atoms with Crippen LogP contribution in [0, 0.1) is 17.8 Å². The van der Waals surface area contributed by atoms with E-state index in [0.29, 0.717) is 12.5 Å². The van der Waals surface area contributed by atoms with Gasteiger partial charge in [-0.05, 0) is 43.6 Å². The minimum atomic E-state index is -0.942. The minimum absolute atomic E-state index is 0.0191. The van der Waals surface area contributed by atoms with Gasteiger partial charge < -0.3 is 10.0 Å². The highest BCUT2D eigenvalue weighted by molar-refractivity contribution is 5.86. The Morgan fingerprint density at radius 2 is 1.95 bits per heavy atom. The molecule has 3 rings (SSSR count). The average molecular weight is 287 g/mol. The summed E-state index contributed by atoms with van der Waals surface area (Å²) in [6.07, 6.45) is 3.42. The molecule has 0 bridgehead atoms. The zero-order chi connectivity index (χ0) is 15.0. The summed E-state index contributed by atoms with van der Waals surface area (Å²) in [7, 11) is 0. The van der Waals surface area contributed by atoms with Crippen LogP contribution in [0.3, 0.4) is 0 Å². The molecule has 4 heteroatoms. The molecule has 3 unspecified atom stereocenters. The van der Waals surface area contributed by atoms with Crippen LogP contribution in [-0.2, 0) is 16.1 Å². The van der Waals surface area contributed by atoms with Crippen molar-refractivity contribution in [2.24, 2.45) is 17.8 Å². The first-order chi connectivity index (χ1) is 10.1. The lowest BCUT2D eigenvalue weighted by atomic mass is 10.1.